The van der Waals surface area contributed by atoms with Crippen molar-refractivity contribution >= 4 is 35.0 Å². The van der Waals surface area contributed by atoms with Crippen molar-refractivity contribution in [1.82, 2.24) is 15.1 Å². The number of aromatic nitrogens is 2. The molecular weight excluding hydrogens is 449 g/mol. The van der Waals surface area contributed by atoms with Crippen molar-refractivity contribution in [1.29, 1.82) is 0 Å². The summed E-state index contributed by atoms with van der Waals surface area (Å²) in [6.07, 6.45) is -4.60. The fourth-order valence-electron chi connectivity index (χ4n) is 3.61. The Bertz CT molecular complexity index is 945. The van der Waals surface area contributed by atoms with E-state index in [1.807, 2.05) is 17.0 Å². The molecule has 2 aliphatic rings. The van der Waals surface area contributed by atoms with E-state index in [1.165, 1.54) is 6.07 Å². The molecule has 12 heteroatoms. The van der Waals surface area contributed by atoms with Crippen LogP contribution in [0, 0.1) is 0 Å². The zero-order valence-corrected chi connectivity index (χ0v) is 17.9. The first kappa shape index (κ1) is 22.4. The van der Waals surface area contributed by atoms with Crippen molar-refractivity contribution in [3.8, 4) is 0 Å². The molecule has 4 rings (SSSR count). The lowest BCUT2D eigenvalue weighted by molar-refractivity contribution is -0.137. The van der Waals surface area contributed by atoms with E-state index in [0.717, 1.165) is 36.9 Å². The topological polar surface area (TPSA) is 73.8 Å². The number of benzene rings is 1. The first-order valence-corrected chi connectivity index (χ1v) is 10.5. The normalized spacial score (nSPS) is 17.4. The third-order valence-electron chi connectivity index (χ3n) is 5.39. The van der Waals surface area contributed by atoms with Crippen molar-refractivity contribution in [2.24, 2.45) is 0 Å². The second kappa shape index (κ2) is 9.37. The molecule has 0 saturated carbocycles. The Kier molecular flexibility index (Phi) is 6.56. The predicted molar refractivity (Wildman–Crippen MR) is 114 cm³/mol. The Morgan fingerprint density at radius 3 is 2.09 bits per heavy atom. The maximum Gasteiger partial charge on any atom is 0.417 e. The van der Waals surface area contributed by atoms with Gasteiger partial charge in [0.2, 0.25) is 0 Å². The second-order valence-electron chi connectivity index (χ2n) is 7.45. The van der Waals surface area contributed by atoms with E-state index in [2.05, 4.69) is 20.4 Å². The number of piperazine rings is 1. The molecule has 2 aliphatic heterocycles. The molecule has 0 spiro atoms. The number of amides is 2. The summed E-state index contributed by atoms with van der Waals surface area (Å²) < 4.78 is 44.4. The van der Waals surface area contributed by atoms with Gasteiger partial charge in [-0.2, -0.15) is 13.2 Å². The van der Waals surface area contributed by atoms with Crippen LogP contribution < -0.4 is 15.1 Å². The highest BCUT2D eigenvalue weighted by Gasteiger charge is 2.33. The molecule has 1 aromatic carbocycles. The van der Waals surface area contributed by atoms with Crippen LogP contribution >= 0.6 is 11.6 Å². The third-order valence-corrected chi connectivity index (χ3v) is 5.71. The van der Waals surface area contributed by atoms with E-state index >= 15 is 0 Å². The van der Waals surface area contributed by atoms with Crippen LogP contribution in [0.15, 0.2) is 30.3 Å². The fourth-order valence-corrected chi connectivity index (χ4v) is 3.83. The molecule has 0 atom stereocenters. The quantitative estimate of drug-likeness (QED) is 0.741. The molecule has 0 radical (unpaired) electrons. The molecule has 2 aromatic rings. The summed E-state index contributed by atoms with van der Waals surface area (Å²) in [5, 5.41) is 10.7. The first-order valence-electron chi connectivity index (χ1n) is 10.2. The smallest absolute Gasteiger partial charge is 0.378 e. The lowest BCUT2D eigenvalue weighted by Crippen LogP contribution is -2.50. The molecule has 0 bridgehead atoms. The van der Waals surface area contributed by atoms with E-state index in [0.29, 0.717) is 39.4 Å². The molecule has 2 fully saturated rings. The number of alkyl halides is 3. The number of morpholine rings is 1. The summed E-state index contributed by atoms with van der Waals surface area (Å²) in [5.41, 5.74) is -0.945. The number of halogens is 4. The van der Waals surface area contributed by atoms with Crippen LogP contribution in [-0.4, -0.2) is 73.6 Å². The molecule has 0 unspecified atom stereocenters. The van der Waals surface area contributed by atoms with E-state index < -0.39 is 22.8 Å². The molecule has 1 N–H and O–H groups in total. The third kappa shape index (κ3) is 5.16. The van der Waals surface area contributed by atoms with Crippen LogP contribution in [0.5, 0.6) is 0 Å². The highest BCUT2D eigenvalue weighted by Crippen LogP contribution is 2.36. The number of nitrogens with zero attached hydrogens (tertiary/aromatic N) is 5. The molecular formula is C20H22ClF3N6O2. The first-order chi connectivity index (χ1) is 15.3. The zero-order chi connectivity index (χ0) is 22.7. The molecule has 2 amide bonds. The SMILES string of the molecule is O=C(Nc1ccc(Cl)c(C(F)(F)F)c1)N1CCN(c2ccc(N3CCOCC3)nn2)CC1. The molecule has 32 heavy (non-hydrogen) atoms. The van der Waals surface area contributed by atoms with Crippen molar-refractivity contribution in [3.05, 3.63) is 40.9 Å². The van der Waals surface area contributed by atoms with Gasteiger partial charge in [-0.25, -0.2) is 4.79 Å². The van der Waals surface area contributed by atoms with Crippen LogP contribution in [0.25, 0.3) is 0 Å². The average molecular weight is 471 g/mol. The number of ether oxygens (including phenoxy) is 1. The van der Waals surface area contributed by atoms with Crippen LogP contribution in [0.2, 0.25) is 5.02 Å². The number of hydrogen-bond donors (Lipinski definition) is 1. The van der Waals surface area contributed by atoms with Gasteiger partial charge in [0, 0.05) is 45.0 Å². The van der Waals surface area contributed by atoms with Gasteiger partial charge in [-0.05, 0) is 30.3 Å². The summed E-state index contributed by atoms with van der Waals surface area (Å²) in [6.45, 7) is 4.76. The second-order valence-corrected chi connectivity index (χ2v) is 7.85. The molecule has 1 aromatic heterocycles. The van der Waals surface area contributed by atoms with E-state index in [-0.39, 0.29) is 5.69 Å². The summed E-state index contributed by atoms with van der Waals surface area (Å²) in [4.78, 5) is 18.2. The maximum absolute atomic E-state index is 13.0. The minimum atomic E-state index is -4.60. The summed E-state index contributed by atoms with van der Waals surface area (Å²) in [6, 6.07) is 6.66. The molecule has 2 saturated heterocycles. The monoisotopic (exact) mass is 470 g/mol. The van der Waals surface area contributed by atoms with E-state index in [9.17, 15) is 18.0 Å². The molecule has 0 aliphatic carbocycles. The molecule has 3 heterocycles. The minimum Gasteiger partial charge on any atom is -0.378 e. The Labute approximate surface area is 187 Å². The lowest BCUT2D eigenvalue weighted by Gasteiger charge is -2.35. The Balaban J connectivity index is 1.32. The summed E-state index contributed by atoms with van der Waals surface area (Å²) in [5.74, 6) is 1.52. The van der Waals surface area contributed by atoms with Gasteiger partial charge in [-0.3, -0.25) is 0 Å². The lowest BCUT2D eigenvalue weighted by atomic mass is 10.2. The Morgan fingerprint density at radius 2 is 1.53 bits per heavy atom. The number of nitrogens with one attached hydrogen (secondary N) is 1. The fraction of sp³-hybridized carbons (Fsp3) is 0.450. The van der Waals surface area contributed by atoms with Crippen LogP contribution in [0.4, 0.5) is 35.3 Å². The van der Waals surface area contributed by atoms with Crippen molar-refractivity contribution in [3.63, 3.8) is 0 Å². The van der Waals surface area contributed by atoms with E-state index in [4.69, 9.17) is 16.3 Å². The Morgan fingerprint density at radius 1 is 0.938 bits per heavy atom. The molecule has 8 nitrogen and oxygen atoms in total. The maximum atomic E-state index is 13.0. The number of hydrogen-bond acceptors (Lipinski definition) is 6. The van der Waals surface area contributed by atoms with Gasteiger partial charge >= 0.3 is 12.2 Å². The van der Waals surface area contributed by atoms with E-state index in [1.54, 1.807) is 4.90 Å². The predicted octanol–water partition coefficient (Wildman–Crippen LogP) is 3.34. The van der Waals surface area contributed by atoms with Crippen LogP contribution in [-0.2, 0) is 10.9 Å². The van der Waals surface area contributed by atoms with Gasteiger partial charge in [-0.1, -0.05) is 11.6 Å². The van der Waals surface area contributed by atoms with Gasteiger partial charge in [0.25, 0.3) is 0 Å². The number of anilines is 3. The van der Waals surface area contributed by atoms with Crippen LogP contribution in [0.1, 0.15) is 5.56 Å². The Hall–Kier alpha value is -2.79. The summed E-state index contributed by atoms with van der Waals surface area (Å²) >= 11 is 5.63. The standard InChI is InChI=1S/C20H22ClF3N6O2/c21-16-2-1-14(13-15(16)20(22,23)24)25-19(31)30-7-5-28(6-8-30)17-3-4-18(27-26-17)29-9-11-32-12-10-29/h1-4,13H,5-12H2,(H,25,31). The van der Waals surface area contributed by atoms with Crippen LogP contribution in [0.3, 0.4) is 0 Å². The highest BCUT2D eigenvalue weighted by atomic mass is 35.5. The van der Waals surface area contributed by atoms with Crippen molar-refractivity contribution in [2.75, 3.05) is 67.6 Å². The largest absolute Gasteiger partial charge is 0.417 e. The highest BCUT2D eigenvalue weighted by molar-refractivity contribution is 6.31. The number of urea groups is 1. The average Bonchev–Trinajstić information content (AvgIpc) is 2.80. The van der Waals surface area contributed by atoms with Gasteiger partial charge < -0.3 is 24.8 Å². The van der Waals surface area contributed by atoms with Gasteiger partial charge in [0.15, 0.2) is 11.6 Å². The summed E-state index contributed by atoms with van der Waals surface area (Å²) in [7, 11) is 0. The van der Waals surface area contributed by atoms with Crippen molar-refractivity contribution < 1.29 is 22.7 Å². The van der Waals surface area contributed by atoms with Gasteiger partial charge in [0.1, 0.15) is 0 Å². The van der Waals surface area contributed by atoms with Gasteiger partial charge in [0.05, 0.1) is 23.8 Å². The zero-order valence-electron chi connectivity index (χ0n) is 17.1. The minimum absolute atomic E-state index is 0.0405. The number of carbonyl (C=O) groups is 1. The number of rotatable bonds is 3. The molecule has 172 valence electrons. The van der Waals surface area contributed by atoms with Gasteiger partial charge in [-0.15, -0.1) is 10.2 Å². The number of carbonyl (C=O) groups excluding carboxylic acids is 1. The van der Waals surface area contributed by atoms with Crippen molar-refractivity contribution in [2.45, 2.75) is 6.18 Å².